The number of thiazole rings is 1. The maximum absolute atomic E-state index is 10.9. The van der Waals surface area contributed by atoms with Crippen molar-refractivity contribution in [1.82, 2.24) is 4.98 Å². The number of nitrogens with zero attached hydrogens (tertiary/aromatic N) is 2. The summed E-state index contributed by atoms with van der Waals surface area (Å²) in [5, 5.41) is 13.0. The summed E-state index contributed by atoms with van der Waals surface area (Å²) in [4.78, 5) is 14.4. The van der Waals surface area contributed by atoms with Gasteiger partial charge in [-0.25, -0.2) is 0 Å². The fraction of sp³-hybridized carbons (Fsp3) is 0.100. The third kappa shape index (κ3) is 2.62. The van der Waals surface area contributed by atoms with Crippen LogP contribution in [0.1, 0.15) is 5.56 Å². The van der Waals surface area contributed by atoms with Crippen LogP contribution in [0.2, 0.25) is 0 Å². The minimum Gasteiger partial charge on any atom is -0.423 e. The predicted octanol–water partition coefficient (Wildman–Crippen LogP) is 3.91. The van der Waals surface area contributed by atoms with Gasteiger partial charge in [0, 0.05) is 11.4 Å². The maximum Gasteiger partial charge on any atom is 0.311 e. The molecular weight excluding hydrogens is 308 g/mol. The van der Waals surface area contributed by atoms with Crippen LogP contribution in [0, 0.1) is 17.0 Å². The number of aryl methyl sites for hydroxylation is 1. The van der Waals surface area contributed by atoms with Gasteiger partial charge in [0.2, 0.25) is 5.75 Å². The van der Waals surface area contributed by atoms with E-state index in [-0.39, 0.29) is 11.4 Å². The van der Waals surface area contributed by atoms with Crippen LogP contribution in [0.15, 0.2) is 28.2 Å². The highest BCUT2D eigenvalue weighted by Crippen LogP contribution is 2.35. The van der Waals surface area contributed by atoms with Gasteiger partial charge in [-0.1, -0.05) is 23.5 Å². The molecule has 0 atom stereocenters. The summed E-state index contributed by atoms with van der Waals surface area (Å²) >= 11 is 4.47. The molecule has 0 radical (unpaired) electrons. The average molecular weight is 315 g/mol. The van der Waals surface area contributed by atoms with Gasteiger partial charge in [-0.05, 0) is 28.4 Å². The van der Waals surface area contributed by atoms with E-state index in [0.29, 0.717) is 15.4 Å². The Morgan fingerprint density at radius 1 is 1.53 bits per heavy atom. The second kappa shape index (κ2) is 4.80. The molecule has 5 nitrogen and oxygen atoms in total. The molecule has 0 aliphatic heterocycles. The summed E-state index contributed by atoms with van der Waals surface area (Å²) in [6.45, 7) is 1.75. The summed E-state index contributed by atoms with van der Waals surface area (Å²) in [6.07, 6.45) is 0. The van der Waals surface area contributed by atoms with Crippen LogP contribution in [-0.2, 0) is 0 Å². The van der Waals surface area contributed by atoms with Crippen LogP contribution < -0.4 is 4.74 Å². The first-order chi connectivity index (χ1) is 8.08. The molecule has 0 aliphatic rings. The molecule has 1 aromatic carbocycles. The zero-order chi connectivity index (χ0) is 12.4. The first-order valence-electron chi connectivity index (χ1n) is 4.61. The van der Waals surface area contributed by atoms with Gasteiger partial charge in [0.1, 0.15) is 4.60 Å². The van der Waals surface area contributed by atoms with E-state index < -0.39 is 4.92 Å². The molecule has 0 bridgehead atoms. The second-order valence-corrected chi connectivity index (χ2v) is 4.85. The number of ether oxygens (including phenoxy) is 1. The third-order valence-electron chi connectivity index (χ3n) is 2.03. The first kappa shape index (κ1) is 12.0. The number of nitro groups is 1. The van der Waals surface area contributed by atoms with Gasteiger partial charge in [0.25, 0.3) is 5.19 Å². The number of hydrogen-bond donors (Lipinski definition) is 0. The van der Waals surface area contributed by atoms with E-state index in [1.54, 1.807) is 24.4 Å². The zero-order valence-corrected chi connectivity index (χ0v) is 11.1. The Morgan fingerprint density at radius 2 is 2.29 bits per heavy atom. The van der Waals surface area contributed by atoms with Crippen molar-refractivity contribution in [3.8, 4) is 10.9 Å². The van der Waals surface area contributed by atoms with Crippen LogP contribution >= 0.6 is 27.3 Å². The van der Waals surface area contributed by atoms with Crippen molar-refractivity contribution in [2.75, 3.05) is 0 Å². The summed E-state index contributed by atoms with van der Waals surface area (Å²) in [7, 11) is 0. The largest absolute Gasteiger partial charge is 0.423 e. The summed E-state index contributed by atoms with van der Waals surface area (Å²) < 4.78 is 6.11. The Hall–Kier alpha value is -1.47. The molecule has 1 aromatic heterocycles. The molecule has 0 unspecified atom stereocenters. The van der Waals surface area contributed by atoms with Gasteiger partial charge in [-0.15, -0.1) is 0 Å². The van der Waals surface area contributed by atoms with Crippen molar-refractivity contribution >= 4 is 33.0 Å². The highest BCUT2D eigenvalue weighted by Gasteiger charge is 2.18. The smallest absolute Gasteiger partial charge is 0.311 e. The molecule has 17 heavy (non-hydrogen) atoms. The average Bonchev–Trinajstić information content (AvgIpc) is 2.67. The van der Waals surface area contributed by atoms with E-state index in [1.165, 1.54) is 17.4 Å². The maximum atomic E-state index is 10.9. The van der Waals surface area contributed by atoms with Crippen molar-refractivity contribution in [3.63, 3.8) is 0 Å². The monoisotopic (exact) mass is 314 g/mol. The predicted molar refractivity (Wildman–Crippen MR) is 67.7 cm³/mol. The van der Waals surface area contributed by atoms with E-state index in [9.17, 15) is 10.1 Å². The van der Waals surface area contributed by atoms with Crippen molar-refractivity contribution in [1.29, 1.82) is 0 Å². The van der Waals surface area contributed by atoms with Gasteiger partial charge in [0.05, 0.1) is 4.92 Å². The molecule has 2 aromatic rings. The quantitative estimate of drug-likeness (QED) is 0.636. The van der Waals surface area contributed by atoms with Crippen LogP contribution in [0.3, 0.4) is 0 Å². The van der Waals surface area contributed by atoms with E-state index in [1.807, 2.05) is 0 Å². The number of aromatic nitrogens is 1. The number of benzene rings is 1. The van der Waals surface area contributed by atoms with Gasteiger partial charge >= 0.3 is 5.69 Å². The number of rotatable bonds is 3. The Kier molecular flexibility index (Phi) is 3.39. The van der Waals surface area contributed by atoms with Crippen molar-refractivity contribution in [3.05, 3.63) is 43.9 Å². The molecule has 0 spiro atoms. The SMILES string of the molecule is Cc1cccc([N+](=O)[O-])c1Oc1nc(Br)cs1. The molecule has 1 heterocycles. The fourth-order valence-electron chi connectivity index (χ4n) is 1.29. The number of nitro benzene ring substituents is 1. The molecule has 0 amide bonds. The lowest BCUT2D eigenvalue weighted by Crippen LogP contribution is -1.95. The van der Waals surface area contributed by atoms with Gasteiger partial charge < -0.3 is 4.74 Å². The summed E-state index contributed by atoms with van der Waals surface area (Å²) in [5.41, 5.74) is 0.641. The lowest BCUT2D eigenvalue weighted by molar-refractivity contribution is -0.385. The standard InChI is InChI=1S/C10H7BrN2O3S/c1-6-3-2-4-7(13(14)15)9(6)16-10-12-8(11)5-17-10/h2-5H,1H3. The lowest BCUT2D eigenvalue weighted by Gasteiger charge is -2.05. The number of para-hydroxylation sites is 1. The van der Waals surface area contributed by atoms with Crippen LogP contribution in [0.4, 0.5) is 5.69 Å². The summed E-state index contributed by atoms with van der Waals surface area (Å²) in [6, 6.07) is 4.79. The minimum atomic E-state index is -0.467. The van der Waals surface area contributed by atoms with Crippen LogP contribution in [-0.4, -0.2) is 9.91 Å². The molecule has 88 valence electrons. The second-order valence-electron chi connectivity index (χ2n) is 3.22. The Morgan fingerprint density at radius 3 is 2.88 bits per heavy atom. The number of hydrogen-bond acceptors (Lipinski definition) is 5. The molecule has 0 N–H and O–H groups in total. The molecule has 0 aliphatic carbocycles. The van der Waals surface area contributed by atoms with Crippen molar-refractivity contribution in [2.24, 2.45) is 0 Å². The zero-order valence-electron chi connectivity index (χ0n) is 8.71. The molecule has 0 saturated heterocycles. The molecule has 7 heteroatoms. The number of halogens is 1. The van der Waals surface area contributed by atoms with E-state index in [4.69, 9.17) is 4.74 Å². The molecule has 0 saturated carbocycles. The van der Waals surface area contributed by atoms with Crippen LogP contribution in [0.5, 0.6) is 10.9 Å². The molecule has 2 rings (SSSR count). The molecule has 0 fully saturated rings. The van der Waals surface area contributed by atoms with Gasteiger partial charge in [-0.3, -0.25) is 10.1 Å². The Labute approximate surface area is 109 Å². The Bertz CT molecular complexity index is 570. The van der Waals surface area contributed by atoms with Gasteiger partial charge in [0.15, 0.2) is 0 Å². The first-order valence-corrected chi connectivity index (χ1v) is 6.28. The minimum absolute atomic E-state index is 0.0590. The molecular formula is C10H7BrN2O3S. The highest BCUT2D eigenvalue weighted by molar-refractivity contribution is 9.10. The van der Waals surface area contributed by atoms with Crippen molar-refractivity contribution < 1.29 is 9.66 Å². The van der Waals surface area contributed by atoms with E-state index in [0.717, 1.165) is 0 Å². The lowest BCUT2D eigenvalue weighted by atomic mass is 10.2. The van der Waals surface area contributed by atoms with E-state index in [2.05, 4.69) is 20.9 Å². The highest BCUT2D eigenvalue weighted by atomic mass is 79.9. The fourth-order valence-corrected chi connectivity index (χ4v) is 2.38. The summed E-state index contributed by atoms with van der Waals surface area (Å²) in [5.74, 6) is 0.236. The van der Waals surface area contributed by atoms with Crippen molar-refractivity contribution in [2.45, 2.75) is 6.92 Å². The topological polar surface area (TPSA) is 65.3 Å². The van der Waals surface area contributed by atoms with E-state index >= 15 is 0 Å². The van der Waals surface area contributed by atoms with Gasteiger partial charge in [-0.2, -0.15) is 4.98 Å². The Balaban J connectivity index is 2.40. The normalized spacial score (nSPS) is 10.2. The van der Waals surface area contributed by atoms with Crippen LogP contribution in [0.25, 0.3) is 0 Å². The third-order valence-corrected chi connectivity index (χ3v) is 3.46.